The van der Waals surface area contributed by atoms with Gasteiger partial charge in [-0.15, -0.1) is 0 Å². The lowest BCUT2D eigenvalue weighted by molar-refractivity contribution is -0.125. The normalized spacial score (nSPS) is 12.9. The number of amides is 2. The smallest absolute Gasteiger partial charge is 0.265 e. The fourth-order valence-electron chi connectivity index (χ4n) is 3.68. The number of nitrogens with zero attached hydrogens (tertiary/aromatic N) is 2. The zero-order chi connectivity index (χ0) is 24.7. The Bertz CT molecular complexity index is 1050. The van der Waals surface area contributed by atoms with Crippen LogP contribution in [0.4, 0.5) is 5.69 Å². The maximum Gasteiger partial charge on any atom is 0.265 e. The molecule has 0 bridgehead atoms. The van der Waals surface area contributed by atoms with Crippen molar-refractivity contribution < 1.29 is 23.9 Å². The van der Waals surface area contributed by atoms with E-state index >= 15 is 0 Å². The molecule has 2 aromatic carbocycles. The van der Waals surface area contributed by atoms with Crippen molar-refractivity contribution in [1.82, 2.24) is 10.2 Å². The van der Waals surface area contributed by atoms with Gasteiger partial charge in [0.1, 0.15) is 18.0 Å². The molecule has 1 N–H and O–H groups in total. The average molecular weight is 468 g/mol. The highest BCUT2D eigenvalue weighted by atomic mass is 16.5. The Morgan fingerprint density at radius 3 is 2.56 bits per heavy atom. The number of benzene rings is 2. The molecule has 0 radical (unpaired) electrons. The Balaban J connectivity index is 1.66. The molecule has 0 atom stereocenters. The van der Waals surface area contributed by atoms with E-state index in [9.17, 15) is 14.4 Å². The highest BCUT2D eigenvalue weighted by Gasteiger charge is 2.28. The van der Waals surface area contributed by atoms with Gasteiger partial charge >= 0.3 is 0 Å². The minimum atomic E-state index is -0.331. The van der Waals surface area contributed by atoms with Gasteiger partial charge in [-0.1, -0.05) is 19.9 Å². The molecular weight excluding hydrogens is 434 g/mol. The van der Waals surface area contributed by atoms with Gasteiger partial charge in [0.2, 0.25) is 5.91 Å². The van der Waals surface area contributed by atoms with Crippen LogP contribution in [-0.2, 0) is 9.59 Å². The summed E-state index contributed by atoms with van der Waals surface area (Å²) >= 11 is 0. The molecule has 8 heteroatoms. The third-order valence-electron chi connectivity index (χ3n) is 6.02. The van der Waals surface area contributed by atoms with Crippen molar-refractivity contribution in [3.05, 3.63) is 53.1 Å². The molecule has 0 fully saturated rings. The number of hydrogen-bond acceptors (Lipinski definition) is 6. The van der Waals surface area contributed by atoms with Crippen LogP contribution in [0.3, 0.4) is 0 Å². The first-order valence-electron chi connectivity index (χ1n) is 11.6. The number of carbonyl (C=O) groups is 3. The van der Waals surface area contributed by atoms with Gasteiger partial charge in [-0.05, 0) is 68.4 Å². The van der Waals surface area contributed by atoms with E-state index in [1.807, 2.05) is 32.0 Å². The van der Waals surface area contributed by atoms with Gasteiger partial charge in [0, 0.05) is 18.7 Å². The molecule has 0 aliphatic carbocycles. The zero-order valence-electron chi connectivity index (χ0n) is 20.3. The predicted octanol–water partition coefficient (Wildman–Crippen LogP) is 2.75. The molecule has 0 unspecified atom stereocenters. The first-order chi connectivity index (χ1) is 16.3. The molecule has 0 spiro atoms. The van der Waals surface area contributed by atoms with E-state index in [4.69, 9.17) is 9.47 Å². The van der Waals surface area contributed by atoms with Crippen LogP contribution in [0.2, 0.25) is 0 Å². The number of rotatable bonds is 11. The number of ketones is 1. The Morgan fingerprint density at radius 1 is 1.09 bits per heavy atom. The van der Waals surface area contributed by atoms with E-state index in [2.05, 4.69) is 24.1 Å². The molecule has 182 valence electrons. The van der Waals surface area contributed by atoms with Crippen molar-refractivity contribution in [2.75, 3.05) is 50.8 Å². The number of ether oxygens (including phenoxy) is 2. The molecule has 34 heavy (non-hydrogen) atoms. The van der Waals surface area contributed by atoms with Crippen LogP contribution in [0.5, 0.6) is 11.5 Å². The molecule has 0 aromatic heterocycles. The maximum atomic E-state index is 12.8. The summed E-state index contributed by atoms with van der Waals surface area (Å²) in [5, 5.41) is 2.86. The van der Waals surface area contributed by atoms with Gasteiger partial charge in [-0.25, -0.2) is 0 Å². The number of hydrogen-bond donors (Lipinski definition) is 1. The second-order valence-electron chi connectivity index (χ2n) is 8.29. The van der Waals surface area contributed by atoms with Gasteiger partial charge in [0.25, 0.3) is 5.91 Å². The van der Waals surface area contributed by atoms with E-state index in [0.717, 1.165) is 30.8 Å². The Hall–Kier alpha value is -3.39. The van der Waals surface area contributed by atoms with Crippen LogP contribution < -0.4 is 19.7 Å². The second kappa shape index (κ2) is 11.7. The number of Topliss-reactive ketones (excluding diaryl/α,β-unsaturated/α-hetero) is 1. The molecule has 1 heterocycles. The summed E-state index contributed by atoms with van der Waals surface area (Å²) in [6.45, 7) is 10.8. The number of anilines is 1. The lowest BCUT2D eigenvalue weighted by atomic mass is 10.1. The molecule has 1 aliphatic heterocycles. The summed E-state index contributed by atoms with van der Waals surface area (Å²) in [5.41, 5.74) is 3.02. The van der Waals surface area contributed by atoms with E-state index in [0.29, 0.717) is 29.3 Å². The maximum absolute atomic E-state index is 12.8. The number of likely N-dealkylation sites (N-methyl/N-ethyl adjacent to an activating group) is 1. The fraction of sp³-hybridized carbons (Fsp3) is 0.423. The van der Waals surface area contributed by atoms with Crippen molar-refractivity contribution in [2.45, 2.75) is 27.7 Å². The zero-order valence-corrected chi connectivity index (χ0v) is 20.3. The van der Waals surface area contributed by atoms with E-state index < -0.39 is 0 Å². The molecular formula is C26H33N3O5. The van der Waals surface area contributed by atoms with Crippen molar-refractivity contribution in [3.8, 4) is 11.5 Å². The summed E-state index contributed by atoms with van der Waals surface area (Å²) in [6.07, 6.45) is 0. The second-order valence-corrected chi connectivity index (χ2v) is 8.29. The molecule has 0 saturated carbocycles. The van der Waals surface area contributed by atoms with Gasteiger partial charge in [0.05, 0.1) is 5.69 Å². The van der Waals surface area contributed by atoms with E-state index in [1.54, 1.807) is 18.2 Å². The number of nitrogens with one attached hydrogen (secondary N) is 1. The van der Waals surface area contributed by atoms with Gasteiger partial charge < -0.3 is 19.7 Å². The predicted molar refractivity (Wildman–Crippen MR) is 131 cm³/mol. The van der Waals surface area contributed by atoms with Crippen molar-refractivity contribution >= 4 is 23.3 Å². The highest BCUT2D eigenvalue weighted by molar-refractivity contribution is 6.04. The SMILES string of the molecule is CCN(CC)CCNC(=O)CN1C(=O)COc2ccc(C(=O)COc3ccc(C)c(C)c3)cc21. The fourth-order valence-corrected chi connectivity index (χ4v) is 3.68. The third kappa shape index (κ3) is 6.35. The largest absolute Gasteiger partial charge is 0.485 e. The van der Waals surface area contributed by atoms with Crippen molar-refractivity contribution in [3.63, 3.8) is 0 Å². The van der Waals surface area contributed by atoms with E-state index in [1.165, 1.54) is 4.90 Å². The number of carbonyl (C=O) groups excluding carboxylic acids is 3. The lowest BCUT2D eigenvalue weighted by Gasteiger charge is -2.29. The first kappa shape index (κ1) is 25.2. The minimum Gasteiger partial charge on any atom is -0.485 e. The standard InChI is InChI=1S/C26H33N3O5/c1-5-28(6-2)12-11-27-25(31)15-29-22-14-20(8-10-24(22)34-17-26(29)32)23(30)16-33-21-9-7-18(3)19(4)13-21/h7-10,13-14H,5-6,11-12,15-17H2,1-4H3,(H,27,31). The number of fused-ring (bicyclic) bond motifs is 1. The van der Waals surface area contributed by atoms with Gasteiger partial charge in [0.15, 0.2) is 19.0 Å². The third-order valence-corrected chi connectivity index (χ3v) is 6.02. The first-order valence-corrected chi connectivity index (χ1v) is 11.6. The van der Waals surface area contributed by atoms with Crippen LogP contribution in [0, 0.1) is 13.8 Å². The highest BCUT2D eigenvalue weighted by Crippen LogP contribution is 2.33. The van der Waals surface area contributed by atoms with Crippen LogP contribution in [0.1, 0.15) is 35.3 Å². The Morgan fingerprint density at radius 2 is 1.85 bits per heavy atom. The molecule has 0 saturated heterocycles. The van der Waals surface area contributed by atoms with Crippen LogP contribution in [-0.4, -0.2) is 68.4 Å². The number of aryl methyl sites for hydroxylation is 2. The molecule has 1 aliphatic rings. The summed E-state index contributed by atoms with van der Waals surface area (Å²) < 4.78 is 11.2. The topological polar surface area (TPSA) is 88.2 Å². The monoisotopic (exact) mass is 467 g/mol. The molecule has 8 nitrogen and oxygen atoms in total. The van der Waals surface area contributed by atoms with Crippen LogP contribution in [0.15, 0.2) is 36.4 Å². The van der Waals surface area contributed by atoms with Gasteiger partial charge in [-0.3, -0.25) is 19.3 Å². The Kier molecular flexibility index (Phi) is 8.65. The summed E-state index contributed by atoms with van der Waals surface area (Å²) in [6, 6.07) is 10.5. The van der Waals surface area contributed by atoms with Crippen LogP contribution >= 0.6 is 0 Å². The van der Waals surface area contributed by atoms with Gasteiger partial charge in [-0.2, -0.15) is 0 Å². The van der Waals surface area contributed by atoms with Crippen molar-refractivity contribution in [2.24, 2.45) is 0 Å². The molecule has 2 amide bonds. The minimum absolute atomic E-state index is 0.135. The molecule has 3 rings (SSSR count). The summed E-state index contributed by atoms with van der Waals surface area (Å²) in [5.74, 6) is 0.256. The average Bonchev–Trinajstić information content (AvgIpc) is 2.84. The summed E-state index contributed by atoms with van der Waals surface area (Å²) in [4.78, 5) is 41.4. The van der Waals surface area contributed by atoms with Crippen molar-refractivity contribution in [1.29, 1.82) is 0 Å². The summed E-state index contributed by atoms with van der Waals surface area (Å²) in [7, 11) is 0. The quantitative estimate of drug-likeness (QED) is 0.512. The Labute approximate surface area is 200 Å². The van der Waals surface area contributed by atoms with E-state index in [-0.39, 0.29) is 37.4 Å². The van der Waals surface area contributed by atoms with Crippen LogP contribution in [0.25, 0.3) is 0 Å². The molecule has 2 aromatic rings. The lowest BCUT2D eigenvalue weighted by Crippen LogP contribution is -2.46.